The average molecular weight is 265 g/mol. The maximum absolute atomic E-state index is 13.0. The van der Waals surface area contributed by atoms with E-state index in [1.54, 1.807) is 29.0 Å². The highest BCUT2D eigenvalue weighted by molar-refractivity contribution is 5.78. The van der Waals surface area contributed by atoms with Crippen LogP contribution < -0.4 is 5.73 Å². The Morgan fingerprint density at radius 1 is 1.37 bits per heavy atom. The number of rotatable bonds is 3. The summed E-state index contributed by atoms with van der Waals surface area (Å²) >= 11 is 0. The SMILES string of the molecule is CN1C(=O)N(C(C)(C)CN)CC1c1ccc(F)cc1. The predicted octanol–water partition coefficient (Wildman–Crippen LogP) is 1.97. The number of nitrogens with zero attached hydrogens (tertiary/aromatic N) is 2. The molecule has 0 radical (unpaired) electrons. The van der Waals surface area contributed by atoms with Gasteiger partial charge in [-0.05, 0) is 31.5 Å². The average Bonchev–Trinajstić information content (AvgIpc) is 2.68. The molecule has 2 rings (SSSR count). The maximum atomic E-state index is 13.0. The Kier molecular flexibility index (Phi) is 3.49. The summed E-state index contributed by atoms with van der Waals surface area (Å²) in [6, 6.07) is 6.20. The van der Waals surface area contributed by atoms with Crippen LogP contribution in [0.1, 0.15) is 25.5 Å². The highest BCUT2D eigenvalue weighted by atomic mass is 19.1. The van der Waals surface area contributed by atoms with Gasteiger partial charge in [-0.1, -0.05) is 12.1 Å². The third kappa shape index (κ3) is 2.42. The van der Waals surface area contributed by atoms with Crippen molar-refractivity contribution >= 4 is 6.03 Å². The Balaban J connectivity index is 2.26. The van der Waals surface area contributed by atoms with E-state index in [4.69, 9.17) is 5.73 Å². The molecule has 1 aliphatic rings. The van der Waals surface area contributed by atoms with Gasteiger partial charge in [0.05, 0.1) is 11.6 Å². The zero-order valence-electron chi connectivity index (χ0n) is 11.6. The minimum absolute atomic E-state index is 0.0372. The normalized spacial score (nSPS) is 20.3. The summed E-state index contributed by atoms with van der Waals surface area (Å²) in [5, 5.41) is 0. The molecular formula is C14H20FN3O. The third-order valence-electron chi connectivity index (χ3n) is 3.84. The smallest absolute Gasteiger partial charge is 0.320 e. The lowest BCUT2D eigenvalue weighted by Crippen LogP contribution is -2.50. The fraction of sp³-hybridized carbons (Fsp3) is 0.500. The van der Waals surface area contributed by atoms with Gasteiger partial charge in [0, 0.05) is 20.1 Å². The zero-order chi connectivity index (χ0) is 14.2. The van der Waals surface area contributed by atoms with Crippen molar-refractivity contribution in [1.82, 2.24) is 9.80 Å². The van der Waals surface area contributed by atoms with Crippen molar-refractivity contribution < 1.29 is 9.18 Å². The molecular weight excluding hydrogens is 245 g/mol. The van der Waals surface area contributed by atoms with Crippen molar-refractivity contribution in [2.24, 2.45) is 5.73 Å². The monoisotopic (exact) mass is 265 g/mol. The van der Waals surface area contributed by atoms with Crippen LogP contribution in [-0.4, -0.2) is 41.5 Å². The largest absolute Gasteiger partial charge is 0.328 e. The summed E-state index contributed by atoms with van der Waals surface area (Å²) in [6.45, 7) is 4.88. The molecule has 0 bridgehead atoms. The van der Waals surface area contributed by atoms with Crippen LogP contribution in [0.25, 0.3) is 0 Å². The Labute approximate surface area is 113 Å². The molecule has 0 spiro atoms. The summed E-state index contributed by atoms with van der Waals surface area (Å²) in [7, 11) is 1.77. The van der Waals surface area contributed by atoms with E-state index in [0.29, 0.717) is 13.1 Å². The number of hydrogen-bond donors (Lipinski definition) is 1. The number of carbonyl (C=O) groups is 1. The van der Waals surface area contributed by atoms with Crippen molar-refractivity contribution in [1.29, 1.82) is 0 Å². The highest BCUT2D eigenvalue weighted by Gasteiger charge is 2.42. The Morgan fingerprint density at radius 3 is 2.47 bits per heavy atom. The summed E-state index contributed by atoms with van der Waals surface area (Å²) in [4.78, 5) is 15.7. The van der Waals surface area contributed by atoms with Crippen LogP contribution >= 0.6 is 0 Å². The number of halogens is 1. The third-order valence-corrected chi connectivity index (χ3v) is 3.84. The number of amides is 2. The van der Waals surface area contributed by atoms with Crippen molar-refractivity contribution in [3.63, 3.8) is 0 Å². The number of carbonyl (C=O) groups excluding carboxylic acids is 1. The van der Waals surface area contributed by atoms with Crippen molar-refractivity contribution in [2.45, 2.75) is 25.4 Å². The summed E-state index contributed by atoms with van der Waals surface area (Å²) in [5.41, 5.74) is 6.30. The summed E-state index contributed by atoms with van der Waals surface area (Å²) < 4.78 is 13.0. The molecule has 0 saturated carbocycles. The van der Waals surface area contributed by atoms with E-state index in [9.17, 15) is 9.18 Å². The fourth-order valence-corrected chi connectivity index (χ4v) is 2.33. The first kappa shape index (κ1) is 13.8. The van der Waals surface area contributed by atoms with Gasteiger partial charge in [-0.2, -0.15) is 0 Å². The zero-order valence-corrected chi connectivity index (χ0v) is 11.6. The minimum atomic E-state index is -0.375. The Hall–Kier alpha value is -1.62. The second kappa shape index (κ2) is 4.81. The van der Waals surface area contributed by atoms with Crippen LogP contribution in [0.4, 0.5) is 9.18 Å². The number of benzene rings is 1. The second-order valence-electron chi connectivity index (χ2n) is 5.59. The summed E-state index contributed by atoms with van der Waals surface area (Å²) in [5.74, 6) is -0.269. The molecule has 19 heavy (non-hydrogen) atoms. The molecule has 0 aliphatic carbocycles. The van der Waals surface area contributed by atoms with Gasteiger partial charge >= 0.3 is 6.03 Å². The van der Waals surface area contributed by atoms with Gasteiger partial charge < -0.3 is 15.5 Å². The molecule has 104 valence electrons. The van der Waals surface area contributed by atoms with Gasteiger partial charge in [0.1, 0.15) is 5.82 Å². The topological polar surface area (TPSA) is 49.6 Å². The number of likely N-dealkylation sites (N-methyl/N-ethyl adjacent to an activating group) is 1. The standard InChI is InChI=1S/C14H20FN3O/c1-14(2,9-16)18-8-12(17(3)13(18)19)10-4-6-11(15)7-5-10/h4-7,12H,8-9,16H2,1-3H3. The lowest BCUT2D eigenvalue weighted by Gasteiger charge is -2.33. The van der Waals surface area contributed by atoms with Gasteiger partial charge in [0.2, 0.25) is 0 Å². The Morgan fingerprint density at radius 2 is 1.95 bits per heavy atom. The van der Waals surface area contributed by atoms with Crippen LogP contribution in [0.5, 0.6) is 0 Å². The molecule has 0 aromatic heterocycles. The first-order valence-corrected chi connectivity index (χ1v) is 6.37. The van der Waals surface area contributed by atoms with Crippen LogP contribution in [0.3, 0.4) is 0 Å². The molecule has 1 saturated heterocycles. The second-order valence-corrected chi connectivity index (χ2v) is 5.59. The van der Waals surface area contributed by atoms with Gasteiger partial charge in [-0.15, -0.1) is 0 Å². The molecule has 5 heteroatoms. The molecule has 1 unspecified atom stereocenters. The van der Waals surface area contributed by atoms with E-state index in [2.05, 4.69) is 0 Å². The van der Waals surface area contributed by atoms with Crippen molar-refractivity contribution in [3.8, 4) is 0 Å². The number of urea groups is 1. The molecule has 1 aromatic carbocycles. The molecule has 1 aromatic rings. The number of nitrogens with two attached hydrogens (primary N) is 1. The van der Waals surface area contributed by atoms with Gasteiger partial charge in [-0.3, -0.25) is 0 Å². The van der Waals surface area contributed by atoms with Gasteiger partial charge in [0.25, 0.3) is 0 Å². The van der Waals surface area contributed by atoms with Crippen LogP contribution in [-0.2, 0) is 0 Å². The van der Waals surface area contributed by atoms with Crippen molar-refractivity contribution in [2.75, 3.05) is 20.1 Å². The first-order chi connectivity index (χ1) is 8.86. The minimum Gasteiger partial charge on any atom is -0.328 e. The van der Waals surface area contributed by atoms with E-state index in [0.717, 1.165) is 5.56 Å². The highest BCUT2D eigenvalue weighted by Crippen LogP contribution is 2.32. The molecule has 2 N–H and O–H groups in total. The quantitative estimate of drug-likeness (QED) is 0.908. The molecule has 1 heterocycles. The molecule has 1 fully saturated rings. The van der Waals surface area contributed by atoms with Crippen LogP contribution in [0, 0.1) is 5.82 Å². The van der Waals surface area contributed by atoms with Crippen molar-refractivity contribution in [3.05, 3.63) is 35.6 Å². The molecule has 4 nitrogen and oxygen atoms in total. The Bertz CT molecular complexity index is 472. The molecule has 1 atom stereocenters. The fourth-order valence-electron chi connectivity index (χ4n) is 2.33. The maximum Gasteiger partial charge on any atom is 0.320 e. The van der Waals surface area contributed by atoms with Gasteiger partial charge in [0.15, 0.2) is 0 Å². The number of hydrogen-bond acceptors (Lipinski definition) is 2. The van der Waals surface area contributed by atoms with E-state index in [1.165, 1.54) is 12.1 Å². The van der Waals surface area contributed by atoms with Crippen LogP contribution in [0.15, 0.2) is 24.3 Å². The van der Waals surface area contributed by atoms with E-state index < -0.39 is 0 Å². The van der Waals surface area contributed by atoms with Crippen LogP contribution in [0.2, 0.25) is 0 Å². The van der Waals surface area contributed by atoms with Gasteiger partial charge in [-0.25, -0.2) is 9.18 Å². The van der Waals surface area contributed by atoms with E-state index in [1.807, 2.05) is 13.8 Å². The molecule has 1 aliphatic heterocycles. The lowest BCUT2D eigenvalue weighted by atomic mass is 10.0. The van der Waals surface area contributed by atoms with E-state index >= 15 is 0 Å². The molecule has 2 amide bonds. The first-order valence-electron chi connectivity index (χ1n) is 6.37. The summed E-state index contributed by atoms with van der Waals surface area (Å²) in [6.07, 6.45) is 0. The van der Waals surface area contributed by atoms with E-state index in [-0.39, 0.29) is 23.4 Å². The lowest BCUT2D eigenvalue weighted by molar-refractivity contribution is 0.154. The predicted molar refractivity (Wildman–Crippen MR) is 72.1 cm³/mol.